The maximum absolute atomic E-state index is 13.3. The SMILES string of the molecule is CC(C)(C)[N+]1(C(=O)O)C(=O)C(OC2CC(OCc3ccccc3)C2)CC1(C)C(=O)O. The lowest BCUT2D eigenvalue weighted by atomic mass is 9.89. The molecule has 1 heterocycles. The van der Waals surface area contributed by atoms with E-state index in [0.717, 1.165) is 5.56 Å². The molecule has 2 fully saturated rings. The van der Waals surface area contributed by atoms with Gasteiger partial charge in [0.05, 0.1) is 25.2 Å². The fraction of sp³-hybridized carbons (Fsp3) is 0.591. The molecule has 2 N–H and O–H groups in total. The van der Waals surface area contributed by atoms with Crippen molar-refractivity contribution in [2.75, 3.05) is 0 Å². The second kappa shape index (κ2) is 7.76. The standard InChI is InChI=1S/C22H29NO7/c1-21(2,3)23(20(27)28)18(24)17(12-22(23,4)19(25)26)30-16-10-15(11-16)29-13-14-8-6-5-7-9-14/h5-9,15-17H,10-13H2,1-4H3,(H-,25,26,27,28)/p+1. The number of amides is 2. The number of carbonyl (C=O) groups excluding carboxylic acids is 1. The van der Waals surface area contributed by atoms with Crippen LogP contribution in [0.25, 0.3) is 0 Å². The Hall–Kier alpha value is -2.29. The number of imide groups is 1. The molecule has 1 aromatic rings. The Morgan fingerprint density at radius 1 is 1.13 bits per heavy atom. The molecule has 1 aliphatic heterocycles. The van der Waals surface area contributed by atoms with E-state index >= 15 is 0 Å². The molecule has 164 valence electrons. The predicted octanol–water partition coefficient (Wildman–Crippen LogP) is 3.19. The van der Waals surface area contributed by atoms with Crippen LogP contribution in [0.1, 0.15) is 52.5 Å². The highest BCUT2D eigenvalue weighted by Gasteiger charge is 2.76. The highest BCUT2D eigenvalue weighted by molar-refractivity contribution is 5.94. The maximum atomic E-state index is 13.3. The molecular formula is C22H30NO7+. The second-order valence-corrected chi connectivity index (χ2v) is 9.38. The first-order valence-corrected chi connectivity index (χ1v) is 10.1. The van der Waals surface area contributed by atoms with Crippen molar-refractivity contribution in [2.45, 2.75) is 83.0 Å². The highest BCUT2D eigenvalue weighted by atomic mass is 16.5. The van der Waals surface area contributed by atoms with E-state index in [4.69, 9.17) is 9.47 Å². The maximum Gasteiger partial charge on any atom is 0.522 e. The zero-order valence-corrected chi connectivity index (χ0v) is 17.8. The number of ether oxygens (including phenoxy) is 2. The molecular weight excluding hydrogens is 390 g/mol. The molecule has 2 aliphatic rings. The third kappa shape index (κ3) is 3.42. The zero-order valence-electron chi connectivity index (χ0n) is 17.8. The van der Waals surface area contributed by atoms with Crippen LogP contribution in [-0.2, 0) is 25.7 Å². The average molecular weight is 420 g/mol. The largest absolute Gasteiger partial charge is 0.522 e. The first kappa shape index (κ1) is 22.4. The Balaban J connectivity index is 1.68. The van der Waals surface area contributed by atoms with Crippen LogP contribution in [0.3, 0.4) is 0 Å². The van der Waals surface area contributed by atoms with Crippen LogP contribution in [0.2, 0.25) is 0 Å². The summed E-state index contributed by atoms with van der Waals surface area (Å²) >= 11 is 0. The van der Waals surface area contributed by atoms with Gasteiger partial charge in [-0.25, -0.2) is 9.59 Å². The van der Waals surface area contributed by atoms with Crippen LogP contribution >= 0.6 is 0 Å². The summed E-state index contributed by atoms with van der Waals surface area (Å²) in [5.74, 6) is -2.04. The first-order valence-electron chi connectivity index (χ1n) is 10.1. The van der Waals surface area contributed by atoms with E-state index < -0.39 is 39.6 Å². The lowest BCUT2D eigenvalue weighted by Crippen LogP contribution is -2.75. The van der Waals surface area contributed by atoms with Gasteiger partial charge in [-0.15, -0.1) is 4.48 Å². The van der Waals surface area contributed by atoms with E-state index in [-0.39, 0.29) is 18.6 Å². The summed E-state index contributed by atoms with van der Waals surface area (Å²) in [6.45, 7) is 6.52. The van der Waals surface area contributed by atoms with Gasteiger partial charge in [-0.05, 0) is 26.3 Å². The average Bonchev–Trinajstić information content (AvgIpc) is 2.86. The number of carboxylic acid groups (broad SMARTS) is 2. The summed E-state index contributed by atoms with van der Waals surface area (Å²) in [6.07, 6.45) is -1.82. The summed E-state index contributed by atoms with van der Waals surface area (Å²) < 4.78 is 10.6. The van der Waals surface area contributed by atoms with Gasteiger partial charge < -0.3 is 19.7 Å². The molecule has 1 aromatic carbocycles. The molecule has 0 aromatic heterocycles. The fourth-order valence-corrected chi connectivity index (χ4v) is 4.83. The van der Waals surface area contributed by atoms with Gasteiger partial charge in [-0.1, -0.05) is 30.3 Å². The smallest absolute Gasteiger partial charge is 0.477 e. The molecule has 3 rings (SSSR count). The van der Waals surface area contributed by atoms with Crippen LogP contribution in [0, 0.1) is 0 Å². The number of nitrogens with zero attached hydrogens (tertiary/aromatic N) is 1. The normalized spacial score (nSPS) is 33.9. The van der Waals surface area contributed by atoms with Crippen molar-refractivity contribution < 1.29 is 38.6 Å². The van der Waals surface area contributed by atoms with Gasteiger partial charge in [0.15, 0.2) is 6.10 Å². The van der Waals surface area contributed by atoms with E-state index in [1.165, 1.54) is 6.92 Å². The third-order valence-corrected chi connectivity index (χ3v) is 6.42. The molecule has 2 amide bonds. The van der Waals surface area contributed by atoms with Gasteiger partial charge in [-0.2, -0.15) is 4.79 Å². The molecule has 8 heteroatoms. The summed E-state index contributed by atoms with van der Waals surface area (Å²) in [7, 11) is 0. The minimum Gasteiger partial charge on any atom is -0.477 e. The number of quaternary nitrogens is 1. The third-order valence-electron chi connectivity index (χ3n) is 6.42. The van der Waals surface area contributed by atoms with Gasteiger partial charge in [-0.3, -0.25) is 0 Å². The van der Waals surface area contributed by atoms with Crippen LogP contribution in [0.15, 0.2) is 30.3 Å². The number of rotatable bonds is 6. The van der Waals surface area contributed by atoms with Crippen LogP contribution in [-0.4, -0.2) is 62.1 Å². The van der Waals surface area contributed by atoms with Crippen molar-refractivity contribution in [1.29, 1.82) is 0 Å². The van der Waals surface area contributed by atoms with Gasteiger partial charge in [0.2, 0.25) is 5.54 Å². The molecule has 1 saturated heterocycles. The molecule has 0 bridgehead atoms. The van der Waals surface area contributed by atoms with Gasteiger partial charge >= 0.3 is 18.0 Å². The van der Waals surface area contributed by atoms with Gasteiger partial charge in [0, 0.05) is 19.8 Å². The highest BCUT2D eigenvalue weighted by Crippen LogP contribution is 2.47. The Morgan fingerprint density at radius 2 is 1.73 bits per heavy atom. The summed E-state index contributed by atoms with van der Waals surface area (Å²) in [6, 6.07) is 9.78. The van der Waals surface area contributed by atoms with E-state index in [2.05, 4.69) is 0 Å². The van der Waals surface area contributed by atoms with Crippen molar-refractivity contribution in [2.24, 2.45) is 0 Å². The van der Waals surface area contributed by atoms with Crippen molar-refractivity contribution in [3.63, 3.8) is 0 Å². The number of hydrogen-bond acceptors (Lipinski definition) is 5. The van der Waals surface area contributed by atoms with Crippen LogP contribution in [0.4, 0.5) is 4.79 Å². The van der Waals surface area contributed by atoms with Gasteiger partial charge in [0.25, 0.3) is 0 Å². The number of hydrogen-bond donors (Lipinski definition) is 2. The van der Waals surface area contributed by atoms with Crippen molar-refractivity contribution >= 4 is 18.0 Å². The number of aliphatic carboxylic acids is 1. The van der Waals surface area contributed by atoms with Gasteiger partial charge in [0.1, 0.15) is 5.54 Å². The van der Waals surface area contributed by atoms with Crippen molar-refractivity contribution in [1.82, 2.24) is 0 Å². The zero-order chi connectivity index (χ0) is 22.3. The molecule has 0 spiro atoms. The second-order valence-electron chi connectivity index (χ2n) is 9.38. The molecule has 8 nitrogen and oxygen atoms in total. The van der Waals surface area contributed by atoms with Crippen LogP contribution in [0.5, 0.6) is 0 Å². The molecule has 1 aliphatic carbocycles. The topological polar surface area (TPSA) is 110 Å². The monoisotopic (exact) mass is 420 g/mol. The molecule has 3 atom stereocenters. The summed E-state index contributed by atoms with van der Waals surface area (Å²) in [5, 5.41) is 19.9. The van der Waals surface area contributed by atoms with Crippen molar-refractivity contribution in [3.8, 4) is 0 Å². The van der Waals surface area contributed by atoms with E-state index in [1.54, 1.807) is 20.8 Å². The fourth-order valence-electron chi connectivity index (χ4n) is 4.83. The Bertz CT molecular complexity index is 828. The van der Waals surface area contributed by atoms with Crippen molar-refractivity contribution in [3.05, 3.63) is 35.9 Å². The quantitative estimate of drug-likeness (QED) is 0.680. The number of carboxylic acids is 1. The number of benzene rings is 1. The minimum atomic E-state index is -1.82. The van der Waals surface area contributed by atoms with E-state index in [1.807, 2.05) is 30.3 Å². The van der Waals surface area contributed by atoms with E-state index in [0.29, 0.717) is 19.4 Å². The van der Waals surface area contributed by atoms with Crippen LogP contribution < -0.4 is 0 Å². The minimum absolute atomic E-state index is 0.00101. The predicted molar refractivity (Wildman–Crippen MR) is 107 cm³/mol. The Morgan fingerprint density at radius 3 is 2.20 bits per heavy atom. The first-order chi connectivity index (χ1) is 13.9. The Labute approximate surface area is 176 Å². The molecule has 1 saturated carbocycles. The lowest BCUT2D eigenvalue weighted by molar-refractivity contribution is -0.863. The van der Waals surface area contributed by atoms with E-state index in [9.17, 15) is 24.6 Å². The Kier molecular flexibility index (Phi) is 5.79. The molecule has 0 radical (unpaired) electrons. The lowest BCUT2D eigenvalue weighted by Gasteiger charge is -2.45. The summed E-state index contributed by atoms with van der Waals surface area (Å²) in [4.78, 5) is 37.7. The number of carbonyl (C=O) groups is 3. The number of likely N-dealkylation sites (tertiary alicyclic amines) is 1. The molecule has 3 unspecified atom stereocenters. The summed E-state index contributed by atoms with van der Waals surface area (Å²) in [5.41, 5.74) is -1.91. The molecule has 30 heavy (non-hydrogen) atoms.